The van der Waals surface area contributed by atoms with Gasteiger partial charge in [-0.15, -0.1) is 0 Å². The first kappa shape index (κ1) is 13.3. The Bertz CT molecular complexity index is 1000. The second kappa shape index (κ2) is 4.18. The molecule has 3 aromatic heterocycles. The number of Topliss-reactive ketones (excluding diaryl/α,β-unsaturated/α-hetero) is 1. The molecule has 3 rings (SSSR count). The van der Waals surface area contributed by atoms with Crippen molar-refractivity contribution in [2.45, 2.75) is 26.8 Å². The standard InChI is InChI=1S/C13H14N4O4/c1-6-5-16-9-10(14-12(16)21-6)15(4)13(20)17(11(9)19)7(2)8(3)18/h5,7H,1-4H3. The van der Waals surface area contributed by atoms with Crippen molar-refractivity contribution in [3.63, 3.8) is 0 Å². The maximum atomic E-state index is 12.6. The maximum absolute atomic E-state index is 12.6. The number of carbonyl (C=O) groups is 1. The summed E-state index contributed by atoms with van der Waals surface area (Å²) in [6.07, 6.45) is 1.62. The Morgan fingerprint density at radius 3 is 2.67 bits per heavy atom. The zero-order chi connectivity index (χ0) is 15.5. The summed E-state index contributed by atoms with van der Waals surface area (Å²) >= 11 is 0. The summed E-state index contributed by atoms with van der Waals surface area (Å²) in [5.74, 6) is 0.569. The van der Waals surface area contributed by atoms with Crippen LogP contribution >= 0.6 is 0 Å². The minimum atomic E-state index is -0.834. The number of ketones is 1. The van der Waals surface area contributed by atoms with Gasteiger partial charge in [-0.3, -0.25) is 18.6 Å². The van der Waals surface area contributed by atoms with Gasteiger partial charge in [-0.2, -0.15) is 4.98 Å². The molecule has 8 nitrogen and oxygen atoms in total. The first-order chi connectivity index (χ1) is 9.82. The number of imidazole rings is 1. The third kappa shape index (κ3) is 1.68. The van der Waals surface area contributed by atoms with Gasteiger partial charge in [0, 0.05) is 7.05 Å². The highest BCUT2D eigenvalue weighted by molar-refractivity contribution is 5.80. The van der Waals surface area contributed by atoms with E-state index in [1.54, 1.807) is 13.1 Å². The first-order valence-corrected chi connectivity index (χ1v) is 6.43. The third-order valence-electron chi connectivity index (χ3n) is 3.63. The van der Waals surface area contributed by atoms with E-state index < -0.39 is 17.3 Å². The maximum Gasteiger partial charge on any atom is 0.333 e. The molecule has 3 aromatic rings. The van der Waals surface area contributed by atoms with Gasteiger partial charge in [0.25, 0.3) is 5.56 Å². The Balaban J connectivity index is 2.56. The zero-order valence-electron chi connectivity index (χ0n) is 12.1. The molecule has 110 valence electrons. The highest BCUT2D eigenvalue weighted by Gasteiger charge is 2.23. The average Bonchev–Trinajstić information content (AvgIpc) is 2.91. The molecular formula is C13H14N4O4. The first-order valence-electron chi connectivity index (χ1n) is 6.43. The summed E-state index contributed by atoms with van der Waals surface area (Å²) in [6.45, 7) is 4.60. The van der Waals surface area contributed by atoms with Crippen molar-refractivity contribution in [2.24, 2.45) is 7.05 Å². The Morgan fingerprint density at radius 1 is 1.38 bits per heavy atom. The molecule has 1 atom stereocenters. The minimum absolute atomic E-state index is 0.219. The van der Waals surface area contributed by atoms with Crippen molar-refractivity contribution in [2.75, 3.05) is 0 Å². The van der Waals surface area contributed by atoms with E-state index in [9.17, 15) is 14.4 Å². The van der Waals surface area contributed by atoms with Crippen molar-refractivity contribution in [3.05, 3.63) is 32.8 Å². The molecule has 0 aliphatic heterocycles. The van der Waals surface area contributed by atoms with Gasteiger partial charge in [0.2, 0.25) is 0 Å². The average molecular weight is 290 g/mol. The van der Waals surface area contributed by atoms with Gasteiger partial charge in [0.05, 0.1) is 12.2 Å². The number of carbonyl (C=O) groups excluding carboxylic acids is 1. The Labute approximate surface area is 118 Å². The van der Waals surface area contributed by atoms with Crippen molar-refractivity contribution in [1.82, 2.24) is 18.5 Å². The molecule has 1 unspecified atom stereocenters. The molecule has 0 aliphatic carbocycles. The highest BCUT2D eigenvalue weighted by atomic mass is 16.4. The summed E-state index contributed by atoms with van der Waals surface area (Å²) in [4.78, 5) is 40.7. The Morgan fingerprint density at radius 2 is 2.05 bits per heavy atom. The molecule has 21 heavy (non-hydrogen) atoms. The number of hydrogen-bond donors (Lipinski definition) is 0. The molecule has 0 saturated carbocycles. The van der Waals surface area contributed by atoms with Gasteiger partial charge in [-0.05, 0) is 20.8 Å². The molecule has 0 N–H and O–H groups in total. The number of fused-ring (bicyclic) bond motifs is 3. The fourth-order valence-electron chi connectivity index (χ4n) is 2.35. The van der Waals surface area contributed by atoms with Crippen LogP contribution in [0.4, 0.5) is 0 Å². The van der Waals surface area contributed by atoms with Crippen LogP contribution in [0, 0.1) is 6.92 Å². The molecule has 0 saturated heterocycles. The quantitative estimate of drug-likeness (QED) is 0.681. The van der Waals surface area contributed by atoms with E-state index in [-0.39, 0.29) is 22.8 Å². The third-order valence-corrected chi connectivity index (χ3v) is 3.63. The second-order valence-electron chi connectivity index (χ2n) is 5.08. The SMILES string of the molecule is CC(=O)C(C)n1c(=O)c2c(nc3oc(C)cn32)n(C)c1=O. The molecular weight excluding hydrogens is 276 g/mol. The molecule has 0 fully saturated rings. The molecule has 3 heterocycles. The minimum Gasteiger partial charge on any atom is -0.428 e. The predicted molar refractivity (Wildman–Crippen MR) is 74.6 cm³/mol. The van der Waals surface area contributed by atoms with Crippen molar-refractivity contribution >= 4 is 22.8 Å². The van der Waals surface area contributed by atoms with Crippen LogP contribution in [0.25, 0.3) is 17.0 Å². The number of aromatic nitrogens is 4. The lowest BCUT2D eigenvalue weighted by Crippen LogP contribution is -2.42. The van der Waals surface area contributed by atoms with E-state index in [2.05, 4.69) is 4.98 Å². The Kier molecular flexibility index (Phi) is 2.65. The van der Waals surface area contributed by atoms with Crippen molar-refractivity contribution in [3.8, 4) is 0 Å². The molecule has 0 spiro atoms. The van der Waals surface area contributed by atoms with Crippen LogP contribution in [-0.2, 0) is 11.8 Å². The summed E-state index contributed by atoms with van der Waals surface area (Å²) in [5.41, 5.74) is -0.676. The second-order valence-corrected chi connectivity index (χ2v) is 5.08. The lowest BCUT2D eigenvalue weighted by atomic mass is 10.2. The van der Waals surface area contributed by atoms with E-state index in [1.807, 2.05) is 0 Å². The summed E-state index contributed by atoms with van der Waals surface area (Å²) in [7, 11) is 1.51. The van der Waals surface area contributed by atoms with Gasteiger partial charge in [0.15, 0.2) is 16.9 Å². The largest absolute Gasteiger partial charge is 0.428 e. The smallest absolute Gasteiger partial charge is 0.333 e. The van der Waals surface area contributed by atoms with Gasteiger partial charge in [0.1, 0.15) is 5.76 Å². The summed E-state index contributed by atoms with van der Waals surface area (Å²) in [5, 5.41) is 0. The molecule has 8 heteroatoms. The van der Waals surface area contributed by atoms with Crippen LogP contribution in [0.15, 0.2) is 20.2 Å². The van der Waals surface area contributed by atoms with Gasteiger partial charge >= 0.3 is 11.5 Å². The molecule has 0 radical (unpaired) electrons. The number of rotatable bonds is 2. The molecule has 0 bridgehead atoms. The fraction of sp³-hybridized carbons (Fsp3) is 0.385. The lowest BCUT2D eigenvalue weighted by Gasteiger charge is -2.12. The van der Waals surface area contributed by atoms with E-state index in [0.717, 1.165) is 4.57 Å². The van der Waals surface area contributed by atoms with E-state index in [1.165, 1.54) is 29.9 Å². The van der Waals surface area contributed by atoms with Crippen LogP contribution in [0.5, 0.6) is 0 Å². The van der Waals surface area contributed by atoms with Gasteiger partial charge in [-0.1, -0.05) is 0 Å². The number of hydrogen-bond acceptors (Lipinski definition) is 5. The van der Waals surface area contributed by atoms with E-state index in [0.29, 0.717) is 5.76 Å². The predicted octanol–water partition coefficient (Wildman–Crippen LogP) is 0.399. The highest BCUT2D eigenvalue weighted by Crippen LogP contribution is 2.15. The van der Waals surface area contributed by atoms with Crippen LogP contribution in [0.2, 0.25) is 0 Å². The number of oxazole rings is 1. The van der Waals surface area contributed by atoms with Gasteiger partial charge < -0.3 is 4.42 Å². The monoisotopic (exact) mass is 290 g/mol. The number of aryl methyl sites for hydroxylation is 2. The molecule has 0 amide bonds. The van der Waals surface area contributed by atoms with Gasteiger partial charge in [-0.25, -0.2) is 9.36 Å². The molecule has 0 aromatic carbocycles. The van der Waals surface area contributed by atoms with E-state index >= 15 is 0 Å². The Hall–Kier alpha value is -2.64. The fourth-order valence-corrected chi connectivity index (χ4v) is 2.35. The topological polar surface area (TPSA) is 91.5 Å². The van der Waals surface area contributed by atoms with Crippen LogP contribution in [0.1, 0.15) is 25.6 Å². The normalized spacial score (nSPS) is 13.1. The molecule has 0 aliphatic rings. The van der Waals surface area contributed by atoms with Crippen LogP contribution in [0.3, 0.4) is 0 Å². The number of nitrogens with zero attached hydrogens (tertiary/aromatic N) is 4. The van der Waals surface area contributed by atoms with Crippen LogP contribution in [-0.4, -0.2) is 24.3 Å². The van der Waals surface area contributed by atoms with Crippen LogP contribution < -0.4 is 11.2 Å². The lowest BCUT2D eigenvalue weighted by molar-refractivity contribution is -0.119. The van der Waals surface area contributed by atoms with Crippen molar-refractivity contribution < 1.29 is 9.21 Å². The zero-order valence-corrected chi connectivity index (χ0v) is 12.1. The van der Waals surface area contributed by atoms with Crippen molar-refractivity contribution in [1.29, 1.82) is 0 Å². The summed E-state index contributed by atoms with van der Waals surface area (Å²) < 4.78 is 9.06. The summed E-state index contributed by atoms with van der Waals surface area (Å²) in [6, 6.07) is -0.834. The van der Waals surface area contributed by atoms with E-state index in [4.69, 9.17) is 4.42 Å².